The molecule has 0 atom stereocenters. The van der Waals surface area contributed by atoms with E-state index in [1.165, 1.54) is 44.1 Å². The number of unbranched alkanes of at least 4 members (excludes halogenated alkanes) is 7. The molecule has 0 bridgehead atoms. The molecule has 0 amide bonds. The average molecular weight is 502 g/mol. The third kappa shape index (κ3) is 14.7. The lowest BCUT2D eigenvalue weighted by molar-refractivity contribution is 0.0548. The zero-order valence-corrected chi connectivity index (χ0v) is 21.6. The molecule has 0 aliphatic heterocycles. The van der Waals surface area contributed by atoms with Crippen molar-refractivity contribution in [2.75, 3.05) is 45.5 Å². The molecular formula is C29H40ClNO4. The van der Waals surface area contributed by atoms with Crippen molar-refractivity contribution in [1.29, 1.82) is 5.26 Å². The number of rotatable bonds is 21. The molecule has 6 heteroatoms. The van der Waals surface area contributed by atoms with Crippen LogP contribution < -0.4 is 9.47 Å². The van der Waals surface area contributed by atoms with Gasteiger partial charge < -0.3 is 18.9 Å². The fourth-order valence-electron chi connectivity index (χ4n) is 3.59. The second-order valence-electron chi connectivity index (χ2n) is 8.47. The first kappa shape index (κ1) is 29.0. The maximum atomic E-state index is 8.81. The van der Waals surface area contributed by atoms with Crippen LogP contribution in [0.5, 0.6) is 11.5 Å². The van der Waals surface area contributed by atoms with Crippen molar-refractivity contribution in [2.45, 2.75) is 57.8 Å². The number of hydrogen-bond acceptors (Lipinski definition) is 5. The SMILES string of the molecule is N#Cc1ccc(OCCCCCCCCCCOc2ccc(CCOCCOCCCl)cc2)cc1. The number of hydrogen-bond donors (Lipinski definition) is 0. The molecule has 2 rings (SSSR count). The van der Waals surface area contributed by atoms with E-state index in [1.807, 2.05) is 24.3 Å². The van der Waals surface area contributed by atoms with Gasteiger partial charge in [0.1, 0.15) is 11.5 Å². The van der Waals surface area contributed by atoms with E-state index >= 15 is 0 Å². The van der Waals surface area contributed by atoms with E-state index in [2.05, 4.69) is 18.2 Å². The molecule has 0 aromatic heterocycles. The van der Waals surface area contributed by atoms with E-state index in [-0.39, 0.29) is 0 Å². The summed E-state index contributed by atoms with van der Waals surface area (Å²) in [4.78, 5) is 0. The molecule has 0 fully saturated rings. The van der Waals surface area contributed by atoms with Crippen molar-refractivity contribution in [3.05, 3.63) is 59.7 Å². The first-order chi connectivity index (χ1) is 17.3. The Morgan fingerprint density at radius 1 is 0.571 bits per heavy atom. The van der Waals surface area contributed by atoms with Crippen LogP contribution in [0.15, 0.2) is 48.5 Å². The summed E-state index contributed by atoms with van der Waals surface area (Å²) < 4.78 is 22.4. The summed E-state index contributed by atoms with van der Waals surface area (Å²) in [6.07, 6.45) is 10.6. The maximum absolute atomic E-state index is 8.81. The largest absolute Gasteiger partial charge is 0.494 e. The molecule has 0 N–H and O–H groups in total. The Morgan fingerprint density at radius 3 is 1.57 bits per heavy atom. The summed E-state index contributed by atoms with van der Waals surface area (Å²) in [5.41, 5.74) is 1.91. The summed E-state index contributed by atoms with van der Waals surface area (Å²) in [5, 5.41) is 8.81. The van der Waals surface area contributed by atoms with Gasteiger partial charge in [0.15, 0.2) is 0 Å². The van der Waals surface area contributed by atoms with Gasteiger partial charge in [0.25, 0.3) is 0 Å². The lowest BCUT2D eigenvalue weighted by Gasteiger charge is -2.08. The van der Waals surface area contributed by atoms with Crippen molar-refractivity contribution in [1.82, 2.24) is 0 Å². The van der Waals surface area contributed by atoms with Gasteiger partial charge >= 0.3 is 0 Å². The van der Waals surface area contributed by atoms with Crippen molar-refractivity contribution in [3.63, 3.8) is 0 Å². The minimum atomic E-state index is 0.523. The van der Waals surface area contributed by atoms with Gasteiger partial charge in [0.2, 0.25) is 0 Å². The molecule has 35 heavy (non-hydrogen) atoms. The highest BCUT2D eigenvalue weighted by atomic mass is 35.5. The lowest BCUT2D eigenvalue weighted by Crippen LogP contribution is -2.07. The third-order valence-corrected chi connectivity index (χ3v) is 5.77. The van der Waals surface area contributed by atoms with Gasteiger partial charge in [-0.1, -0.05) is 50.7 Å². The van der Waals surface area contributed by atoms with Crippen LogP contribution in [0, 0.1) is 11.3 Å². The zero-order valence-electron chi connectivity index (χ0n) is 20.9. The standard InChI is InChI=1S/C29H40ClNO4/c30-18-22-33-24-23-32-21-17-26-9-13-28(14-10-26)34-19-7-5-3-1-2-4-6-8-20-35-29-15-11-27(25-31)12-16-29/h9-16H,1-8,17-24H2. The van der Waals surface area contributed by atoms with Gasteiger partial charge in [0.05, 0.1) is 51.3 Å². The Balaban J connectivity index is 1.36. The van der Waals surface area contributed by atoms with Crippen molar-refractivity contribution in [2.24, 2.45) is 0 Å². The van der Waals surface area contributed by atoms with Crippen LogP contribution in [0.2, 0.25) is 0 Å². The molecule has 5 nitrogen and oxygen atoms in total. The summed E-state index contributed by atoms with van der Waals surface area (Å²) in [6.45, 7) is 3.98. The van der Waals surface area contributed by atoms with Crippen LogP contribution >= 0.6 is 11.6 Å². The molecule has 0 aliphatic carbocycles. The number of halogens is 1. The summed E-state index contributed by atoms with van der Waals surface area (Å²) in [7, 11) is 0. The monoisotopic (exact) mass is 501 g/mol. The predicted molar refractivity (Wildman–Crippen MR) is 142 cm³/mol. The summed E-state index contributed by atoms with van der Waals surface area (Å²) in [5.74, 6) is 2.30. The number of ether oxygens (including phenoxy) is 4. The number of alkyl halides is 1. The molecule has 192 valence electrons. The van der Waals surface area contributed by atoms with E-state index in [4.69, 9.17) is 35.8 Å². The van der Waals surface area contributed by atoms with Crippen LogP contribution in [0.1, 0.15) is 62.5 Å². The molecule has 0 saturated carbocycles. The van der Waals surface area contributed by atoms with Crippen LogP contribution in [-0.2, 0) is 15.9 Å². The molecule has 0 saturated heterocycles. The quantitative estimate of drug-likeness (QED) is 0.137. The van der Waals surface area contributed by atoms with E-state index in [1.54, 1.807) is 12.1 Å². The van der Waals surface area contributed by atoms with E-state index in [9.17, 15) is 0 Å². The normalized spacial score (nSPS) is 10.7. The Morgan fingerprint density at radius 2 is 1.06 bits per heavy atom. The van der Waals surface area contributed by atoms with Gasteiger partial charge in [-0.15, -0.1) is 11.6 Å². The molecule has 0 heterocycles. The van der Waals surface area contributed by atoms with Crippen LogP contribution in [0.3, 0.4) is 0 Å². The van der Waals surface area contributed by atoms with Gasteiger partial charge in [-0.3, -0.25) is 0 Å². The number of nitriles is 1. The Labute approximate surface area is 216 Å². The fourth-order valence-corrected chi connectivity index (χ4v) is 3.70. The van der Waals surface area contributed by atoms with Crippen molar-refractivity contribution < 1.29 is 18.9 Å². The highest BCUT2D eigenvalue weighted by Crippen LogP contribution is 2.15. The average Bonchev–Trinajstić information content (AvgIpc) is 2.90. The minimum absolute atomic E-state index is 0.523. The Hall–Kier alpha value is -2.26. The topological polar surface area (TPSA) is 60.7 Å². The zero-order chi connectivity index (χ0) is 24.8. The Kier molecular flexibility index (Phi) is 16.5. The van der Waals surface area contributed by atoms with Crippen molar-refractivity contribution >= 4 is 11.6 Å². The molecule has 0 aliphatic rings. The first-order valence-corrected chi connectivity index (χ1v) is 13.4. The second-order valence-corrected chi connectivity index (χ2v) is 8.85. The highest BCUT2D eigenvalue weighted by molar-refractivity contribution is 6.17. The molecule has 2 aromatic carbocycles. The van der Waals surface area contributed by atoms with Crippen LogP contribution in [0.4, 0.5) is 0 Å². The molecule has 2 aromatic rings. The maximum Gasteiger partial charge on any atom is 0.119 e. The van der Waals surface area contributed by atoms with E-state index in [0.29, 0.717) is 37.9 Å². The van der Waals surface area contributed by atoms with Crippen LogP contribution in [0.25, 0.3) is 0 Å². The smallest absolute Gasteiger partial charge is 0.119 e. The van der Waals surface area contributed by atoms with Crippen molar-refractivity contribution in [3.8, 4) is 17.6 Å². The van der Waals surface area contributed by atoms with E-state index in [0.717, 1.165) is 44.0 Å². The highest BCUT2D eigenvalue weighted by Gasteiger charge is 1.99. The number of nitrogens with zero attached hydrogens (tertiary/aromatic N) is 1. The number of benzene rings is 2. The minimum Gasteiger partial charge on any atom is -0.494 e. The fraction of sp³-hybridized carbons (Fsp3) is 0.552. The lowest BCUT2D eigenvalue weighted by atomic mass is 10.1. The second kappa shape index (κ2) is 20.0. The van der Waals surface area contributed by atoms with Gasteiger partial charge in [0, 0.05) is 5.88 Å². The third-order valence-electron chi connectivity index (χ3n) is 5.61. The Bertz CT molecular complexity index is 805. The summed E-state index contributed by atoms with van der Waals surface area (Å²) >= 11 is 5.55. The molecule has 0 unspecified atom stereocenters. The van der Waals surface area contributed by atoms with Crippen LogP contribution in [-0.4, -0.2) is 45.5 Å². The van der Waals surface area contributed by atoms with E-state index < -0.39 is 0 Å². The predicted octanol–water partition coefficient (Wildman–Crippen LogP) is 6.95. The van der Waals surface area contributed by atoms with Gasteiger partial charge in [-0.25, -0.2) is 0 Å². The molecule has 0 spiro atoms. The molecule has 0 radical (unpaired) electrons. The summed E-state index contributed by atoms with van der Waals surface area (Å²) in [6, 6.07) is 17.7. The van der Waals surface area contributed by atoms with Gasteiger partial charge in [-0.2, -0.15) is 5.26 Å². The first-order valence-electron chi connectivity index (χ1n) is 12.9. The molecular weight excluding hydrogens is 462 g/mol. The van der Waals surface area contributed by atoms with Gasteiger partial charge in [-0.05, 0) is 61.2 Å².